The Hall–Kier alpha value is -3.55. The molecular weight excluding hydrogens is 375 g/mol. The van der Waals surface area contributed by atoms with Crippen molar-refractivity contribution in [3.05, 3.63) is 77.6 Å². The van der Waals surface area contributed by atoms with E-state index in [4.69, 9.17) is 4.42 Å². The first-order valence-electron chi connectivity index (χ1n) is 8.06. The Bertz CT molecular complexity index is 1020. The Balaban J connectivity index is 1.84. The zero-order chi connectivity index (χ0) is 20.3. The van der Waals surface area contributed by atoms with Crippen molar-refractivity contribution < 1.29 is 31.9 Å². The van der Waals surface area contributed by atoms with Gasteiger partial charge in [-0.05, 0) is 36.4 Å². The summed E-state index contributed by atoms with van der Waals surface area (Å²) >= 11 is 0. The van der Waals surface area contributed by atoms with Gasteiger partial charge in [0.1, 0.15) is 5.76 Å². The van der Waals surface area contributed by atoms with Crippen LogP contribution < -0.4 is 5.32 Å². The van der Waals surface area contributed by atoms with Crippen LogP contribution in [-0.2, 0) is 10.9 Å². The summed E-state index contributed by atoms with van der Waals surface area (Å²) in [6.45, 7) is 0. The number of ether oxygens (including phenoxy) is 1. The van der Waals surface area contributed by atoms with E-state index in [-0.39, 0.29) is 28.3 Å². The minimum atomic E-state index is -4.49. The van der Waals surface area contributed by atoms with E-state index in [1.807, 2.05) is 0 Å². The molecule has 0 spiro atoms. The molecule has 0 aliphatic heterocycles. The quantitative estimate of drug-likeness (QED) is 0.638. The Kier molecular flexibility index (Phi) is 5.21. The van der Waals surface area contributed by atoms with E-state index in [2.05, 4.69) is 10.1 Å². The van der Waals surface area contributed by atoms with Gasteiger partial charge in [0, 0.05) is 5.56 Å². The van der Waals surface area contributed by atoms with Crippen molar-refractivity contribution in [1.82, 2.24) is 0 Å². The molecule has 144 valence electrons. The molecule has 0 bridgehead atoms. The van der Waals surface area contributed by atoms with Gasteiger partial charge < -0.3 is 14.5 Å². The standard InChI is InChI=1S/C20H14F3NO4/c1-27-19(26)14-7-2-3-8-15(14)24-18(25)17-10-9-16(28-17)12-5-4-6-13(11-12)20(21,22)23/h2-11H,1H3,(H,24,25). The van der Waals surface area contributed by atoms with Gasteiger partial charge in [-0.1, -0.05) is 24.3 Å². The number of benzene rings is 2. The van der Waals surface area contributed by atoms with E-state index >= 15 is 0 Å². The Morgan fingerprint density at radius 2 is 1.75 bits per heavy atom. The van der Waals surface area contributed by atoms with Crippen molar-refractivity contribution in [2.24, 2.45) is 0 Å². The first-order chi connectivity index (χ1) is 13.3. The molecule has 5 nitrogen and oxygen atoms in total. The van der Waals surface area contributed by atoms with Gasteiger partial charge in [-0.15, -0.1) is 0 Å². The number of halogens is 3. The number of carbonyl (C=O) groups is 2. The molecule has 0 aliphatic carbocycles. The highest BCUT2D eigenvalue weighted by Gasteiger charge is 2.30. The molecule has 0 atom stereocenters. The number of esters is 1. The van der Waals surface area contributed by atoms with E-state index in [0.29, 0.717) is 0 Å². The number of carbonyl (C=O) groups excluding carboxylic acids is 2. The first kappa shape index (κ1) is 19.2. The van der Waals surface area contributed by atoms with Crippen LogP contribution in [0.25, 0.3) is 11.3 Å². The molecule has 0 aliphatic rings. The van der Waals surface area contributed by atoms with Gasteiger partial charge in [-0.25, -0.2) is 4.79 Å². The molecule has 8 heteroatoms. The van der Waals surface area contributed by atoms with E-state index in [1.54, 1.807) is 12.1 Å². The summed E-state index contributed by atoms with van der Waals surface area (Å²) in [7, 11) is 1.22. The van der Waals surface area contributed by atoms with Crippen LogP contribution in [0.1, 0.15) is 26.5 Å². The van der Waals surface area contributed by atoms with Crippen LogP contribution in [0, 0.1) is 0 Å². The molecule has 3 aromatic rings. The lowest BCUT2D eigenvalue weighted by molar-refractivity contribution is -0.137. The summed E-state index contributed by atoms with van der Waals surface area (Å²) in [5.41, 5.74) is -0.261. The topological polar surface area (TPSA) is 68.5 Å². The van der Waals surface area contributed by atoms with E-state index in [1.165, 1.54) is 43.5 Å². The van der Waals surface area contributed by atoms with Crippen molar-refractivity contribution in [1.29, 1.82) is 0 Å². The lowest BCUT2D eigenvalue weighted by atomic mass is 10.1. The van der Waals surface area contributed by atoms with Crippen LogP contribution in [0.5, 0.6) is 0 Å². The zero-order valence-corrected chi connectivity index (χ0v) is 14.5. The Morgan fingerprint density at radius 3 is 2.46 bits per heavy atom. The molecule has 1 N–H and O–H groups in total. The molecule has 3 rings (SSSR count). The van der Waals surface area contributed by atoms with Gasteiger partial charge in [0.15, 0.2) is 5.76 Å². The fourth-order valence-corrected chi connectivity index (χ4v) is 2.53. The second-order valence-corrected chi connectivity index (χ2v) is 5.73. The average Bonchev–Trinajstić information content (AvgIpc) is 3.18. The normalized spacial score (nSPS) is 11.1. The minimum absolute atomic E-state index is 0.109. The molecule has 2 aromatic carbocycles. The van der Waals surface area contributed by atoms with Crippen LogP contribution in [0.4, 0.5) is 18.9 Å². The smallest absolute Gasteiger partial charge is 0.416 e. The van der Waals surface area contributed by atoms with Crippen LogP contribution in [0.3, 0.4) is 0 Å². The number of alkyl halides is 3. The molecule has 0 unspecified atom stereocenters. The Labute approximate surface area is 157 Å². The molecule has 0 radical (unpaired) electrons. The molecular formula is C20H14F3NO4. The predicted octanol–water partition coefficient (Wildman–Crippen LogP) is 5.00. The van der Waals surface area contributed by atoms with Crippen LogP contribution in [0.2, 0.25) is 0 Å². The van der Waals surface area contributed by atoms with E-state index < -0.39 is 23.6 Å². The van der Waals surface area contributed by atoms with Gasteiger partial charge in [0.25, 0.3) is 5.91 Å². The number of nitrogens with one attached hydrogen (secondary N) is 1. The minimum Gasteiger partial charge on any atom is -0.465 e. The monoisotopic (exact) mass is 389 g/mol. The molecule has 0 fully saturated rings. The lowest BCUT2D eigenvalue weighted by Gasteiger charge is -2.08. The number of furan rings is 1. The van der Waals surface area contributed by atoms with E-state index in [0.717, 1.165) is 12.1 Å². The van der Waals surface area contributed by atoms with Crippen molar-refractivity contribution >= 4 is 17.6 Å². The van der Waals surface area contributed by atoms with Crippen molar-refractivity contribution in [2.75, 3.05) is 12.4 Å². The summed E-state index contributed by atoms with van der Waals surface area (Å²) in [6, 6.07) is 13.6. The van der Waals surface area contributed by atoms with Crippen LogP contribution >= 0.6 is 0 Å². The number of methoxy groups -OCH3 is 1. The average molecular weight is 389 g/mol. The predicted molar refractivity (Wildman–Crippen MR) is 94.9 cm³/mol. The highest BCUT2D eigenvalue weighted by molar-refractivity contribution is 6.06. The number of para-hydroxylation sites is 1. The van der Waals surface area contributed by atoms with Crippen molar-refractivity contribution in [3.63, 3.8) is 0 Å². The second-order valence-electron chi connectivity index (χ2n) is 5.73. The summed E-state index contributed by atoms with van der Waals surface area (Å²) in [6.07, 6.45) is -4.49. The summed E-state index contributed by atoms with van der Waals surface area (Å²) in [4.78, 5) is 24.2. The molecule has 1 amide bonds. The lowest BCUT2D eigenvalue weighted by Crippen LogP contribution is -2.14. The molecule has 1 heterocycles. The van der Waals surface area contributed by atoms with Gasteiger partial charge >= 0.3 is 12.1 Å². The number of amides is 1. The summed E-state index contributed by atoms with van der Waals surface area (Å²) in [5.74, 6) is -1.29. The molecule has 28 heavy (non-hydrogen) atoms. The largest absolute Gasteiger partial charge is 0.465 e. The SMILES string of the molecule is COC(=O)c1ccccc1NC(=O)c1ccc(-c2cccc(C(F)(F)F)c2)o1. The number of hydrogen-bond donors (Lipinski definition) is 1. The second kappa shape index (κ2) is 7.59. The fourth-order valence-electron chi connectivity index (χ4n) is 2.53. The summed E-state index contributed by atoms with van der Waals surface area (Å²) in [5, 5.41) is 2.53. The highest BCUT2D eigenvalue weighted by Crippen LogP contribution is 2.32. The van der Waals surface area contributed by atoms with Gasteiger partial charge in [0.05, 0.1) is 23.9 Å². The van der Waals surface area contributed by atoms with E-state index in [9.17, 15) is 22.8 Å². The van der Waals surface area contributed by atoms with Crippen molar-refractivity contribution in [3.8, 4) is 11.3 Å². The maximum atomic E-state index is 12.9. The first-order valence-corrected chi connectivity index (χ1v) is 8.06. The molecule has 0 saturated heterocycles. The fraction of sp³-hybridized carbons (Fsp3) is 0.100. The third-order valence-corrected chi connectivity index (χ3v) is 3.88. The zero-order valence-electron chi connectivity index (χ0n) is 14.5. The Morgan fingerprint density at radius 1 is 1.00 bits per heavy atom. The third-order valence-electron chi connectivity index (χ3n) is 3.88. The number of anilines is 1. The van der Waals surface area contributed by atoms with Crippen LogP contribution in [-0.4, -0.2) is 19.0 Å². The maximum absolute atomic E-state index is 12.9. The molecule has 0 saturated carbocycles. The highest BCUT2D eigenvalue weighted by atomic mass is 19.4. The number of hydrogen-bond acceptors (Lipinski definition) is 4. The van der Waals surface area contributed by atoms with Crippen LogP contribution in [0.15, 0.2) is 65.1 Å². The van der Waals surface area contributed by atoms with Gasteiger partial charge in [0.2, 0.25) is 0 Å². The number of rotatable bonds is 4. The summed E-state index contributed by atoms with van der Waals surface area (Å²) < 4.78 is 48.6. The third kappa shape index (κ3) is 4.06. The van der Waals surface area contributed by atoms with Gasteiger partial charge in [-0.2, -0.15) is 13.2 Å². The molecule has 1 aromatic heterocycles. The van der Waals surface area contributed by atoms with Gasteiger partial charge in [-0.3, -0.25) is 4.79 Å². The van der Waals surface area contributed by atoms with Crippen molar-refractivity contribution in [2.45, 2.75) is 6.18 Å². The maximum Gasteiger partial charge on any atom is 0.416 e.